The molecule has 7 heteroatoms. The third kappa shape index (κ3) is 4.92. The van der Waals surface area contributed by atoms with Crippen molar-refractivity contribution in [3.05, 3.63) is 78.0 Å². The molecule has 2 aromatic heterocycles. The lowest BCUT2D eigenvalue weighted by Gasteiger charge is -2.16. The van der Waals surface area contributed by atoms with Crippen molar-refractivity contribution in [1.29, 1.82) is 0 Å². The van der Waals surface area contributed by atoms with Crippen molar-refractivity contribution in [2.45, 2.75) is 19.6 Å². The largest absolute Gasteiger partial charge is 0.375 e. The van der Waals surface area contributed by atoms with Gasteiger partial charge in [-0.05, 0) is 24.1 Å². The summed E-state index contributed by atoms with van der Waals surface area (Å²) in [4.78, 5) is 20.7. The first kappa shape index (κ1) is 18.6. The molecule has 7 nitrogen and oxygen atoms in total. The van der Waals surface area contributed by atoms with Crippen LogP contribution in [0, 0.1) is 6.92 Å². The molecule has 0 aliphatic heterocycles. The van der Waals surface area contributed by atoms with Crippen molar-refractivity contribution in [1.82, 2.24) is 25.2 Å². The number of carbonyl (C=O) groups is 1. The molecule has 27 heavy (non-hydrogen) atoms. The fourth-order valence-corrected chi connectivity index (χ4v) is 2.72. The molecule has 2 N–H and O–H groups in total. The number of aromatic nitrogens is 3. The second kappa shape index (κ2) is 8.95. The predicted molar refractivity (Wildman–Crippen MR) is 103 cm³/mol. The maximum absolute atomic E-state index is 12.1. The third-order valence-electron chi connectivity index (χ3n) is 4.24. The minimum atomic E-state index is -0.248. The fraction of sp³-hybridized carbons (Fsp3) is 0.250. The molecular weight excluding hydrogens is 342 g/mol. The van der Waals surface area contributed by atoms with E-state index < -0.39 is 0 Å². The van der Waals surface area contributed by atoms with Crippen LogP contribution in [0.4, 0.5) is 4.79 Å². The van der Waals surface area contributed by atoms with E-state index in [-0.39, 0.29) is 12.1 Å². The van der Waals surface area contributed by atoms with Gasteiger partial charge in [-0.15, -0.1) is 0 Å². The van der Waals surface area contributed by atoms with Crippen LogP contribution in [0.25, 0.3) is 5.82 Å². The summed E-state index contributed by atoms with van der Waals surface area (Å²) in [5.41, 5.74) is 1.94. The summed E-state index contributed by atoms with van der Waals surface area (Å²) in [5.74, 6) is 1.67. The van der Waals surface area contributed by atoms with Crippen LogP contribution in [0.15, 0.2) is 61.1 Å². The summed E-state index contributed by atoms with van der Waals surface area (Å²) in [7, 11) is 1.63. The lowest BCUT2D eigenvalue weighted by molar-refractivity contribution is 0.104. The number of amides is 2. The number of ether oxygens (including phenoxy) is 1. The van der Waals surface area contributed by atoms with Crippen LogP contribution in [0.5, 0.6) is 0 Å². The first-order chi connectivity index (χ1) is 13.2. The average Bonchev–Trinajstić information content (AvgIpc) is 3.14. The van der Waals surface area contributed by atoms with Gasteiger partial charge in [0, 0.05) is 38.8 Å². The van der Waals surface area contributed by atoms with E-state index in [0.29, 0.717) is 13.1 Å². The number of rotatable bonds is 7. The van der Waals surface area contributed by atoms with E-state index in [4.69, 9.17) is 4.74 Å². The Morgan fingerprint density at radius 2 is 1.96 bits per heavy atom. The van der Waals surface area contributed by atoms with Gasteiger partial charge >= 0.3 is 6.03 Å². The zero-order valence-electron chi connectivity index (χ0n) is 15.4. The number of nitrogens with one attached hydrogen (secondary N) is 2. The number of carbonyl (C=O) groups excluding carboxylic acids is 1. The summed E-state index contributed by atoms with van der Waals surface area (Å²) < 4.78 is 7.35. The fourth-order valence-electron chi connectivity index (χ4n) is 2.72. The number of urea groups is 1. The highest BCUT2D eigenvalue weighted by Gasteiger charge is 2.11. The van der Waals surface area contributed by atoms with E-state index in [1.54, 1.807) is 19.5 Å². The van der Waals surface area contributed by atoms with Crippen LogP contribution in [0.2, 0.25) is 0 Å². The SMILES string of the molecule is COC(CNC(=O)NCc1ccc(-n2ccnc2C)nc1)c1ccccc1. The summed E-state index contributed by atoms with van der Waals surface area (Å²) in [5, 5.41) is 5.67. The predicted octanol–water partition coefficient (Wildman–Crippen LogP) is 2.76. The van der Waals surface area contributed by atoms with E-state index in [2.05, 4.69) is 20.6 Å². The molecule has 140 valence electrons. The van der Waals surface area contributed by atoms with Gasteiger partial charge in [0.15, 0.2) is 0 Å². The summed E-state index contributed by atoms with van der Waals surface area (Å²) in [6.07, 6.45) is 5.16. The minimum Gasteiger partial charge on any atom is -0.375 e. The first-order valence-corrected chi connectivity index (χ1v) is 8.72. The molecule has 2 heterocycles. The Morgan fingerprint density at radius 1 is 1.15 bits per heavy atom. The number of benzene rings is 1. The zero-order valence-corrected chi connectivity index (χ0v) is 15.4. The van der Waals surface area contributed by atoms with E-state index in [1.165, 1.54) is 0 Å². The Hall–Kier alpha value is -3.19. The van der Waals surface area contributed by atoms with E-state index >= 15 is 0 Å². The van der Waals surface area contributed by atoms with E-state index in [1.807, 2.05) is 60.2 Å². The molecule has 3 aromatic rings. The quantitative estimate of drug-likeness (QED) is 0.675. The highest BCUT2D eigenvalue weighted by Crippen LogP contribution is 2.14. The van der Waals surface area contributed by atoms with Gasteiger partial charge in [-0.3, -0.25) is 4.57 Å². The van der Waals surface area contributed by atoms with Crippen molar-refractivity contribution in [3.63, 3.8) is 0 Å². The Labute approximate surface area is 158 Å². The number of hydrogen-bond acceptors (Lipinski definition) is 4. The standard InChI is InChI=1S/C20H23N5O2/c1-15-21-10-11-25(15)19-9-8-16(12-22-19)13-23-20(26)24-14-18(27-2)17-6-4-3-5-7-17/h3-12,18H,13-14H2,1-2H3,(H2,23,24,26). The van der Waals surface area contributed by atoms with E-state index in [0.717, 1.165) is 22.8 Å². The van der Waals surface area contributed by atoms with Crippen molar-refractivity contribution >= 4 is 6.03 Å². The Bertz CT molecular complexity index is 862. The van der Waals surface area contributed by atoms with Gasteiger partial charge in [-0.1, -0.05) is 36.4 Å². The average molecular weight is 365 g/mol. The Morgan fingerprint density at radius 3 is 2.59 bits per heavy atom. The van der Waals surface area contributed by atoms with Crippen LogP contribution in [-0.4, -0.2) is 34.2 Å². The normalized spacial score (nSPS) is 11.8. The van der Waals surface area contributed by atoms with Gasteiger partial charge in [0.1, 0.15) is 11.6 Å². The van der Waals surface area contributed by atoms with Crippen LogP contribution >= 0.6 is 0 Å². The maximum Gasteiger partial charge on any atom is 0.315 e. The molecule has 0 radical (unpaired) electrons. The first-order valence-electron chi connectivity index (χ1n) is 8.72. The molecule has 0 bridgehead atoms. The maximum atomic E-state index is 12.1. The Kier molecular flexibility index (Phi) is 6.17. The molecule has 1 unspecified atom stereocenters. The second-order valence-electron chi connectivity index (χ2n) is 6.07. The highest BCUT2D eigenvalue weighted by atomic mass is 16.5. The molecule has 1 atom stereocenters. The number of pyridine rings is 1. The number of nitrogens with zero attached hydrogens (tertiary/aromatic N) is 3. The van der Waals surface area contributed by atoms with Gasteiger partial charge in [0.2, 0.25) is 0 Å². The molecule has 0 spiro atoms. The van der Waals surface area contributed by atoms with Gasteiger partial charge in [-0.2, -0.15) is 0 Å². The highest BCUT2D eigenvalue weighted by molar-refractivity contribution is 5.73. The molecule has 0 saturated heterocycles. The minimum absolute atomic E-state index is 0.184. The Balaban J connectivity index is 1.48. The number of methoxy groups -OCH3 is 1. The van der Waals surface area contributed by atoms with Crippen LogP contribution in [0.1, 0.15) is 23.1 Å². The van der Waals surface area contributed by atoms with Crippen molar-refractivity contribution in [2.24, 2.45) is 0 Å². The van der Waals surface area contributed by atoms with E-state index in [9.17, 15) is 4.79 Å². The van der Waals surface area contributed by atoms with Crippen LogP contribution < -0.4 is 10.6 Å². The van der Waals surface area contributed by atoms with Crippen molar-refractivity contribution in [3.8, 4) is 5.82 Å². The smallest absolute Gasteiger partial charge is 0.315 e. The van der Waals surface area contributed by atoms with Crippen LogP contribution in [-0.2, 0) is 11.3 Å². The lowest BCUT2D eigenvalue weighted by atomic mass is 10.1. The topological polar surface area (TPSA) is 81.1 Å². The molecule has 0 saturated carbocycles. The van der Waals surface area contributed by atoms with Gasteiger partial charge in [0.25, 0.3) is 0 Å². The monoisotopic (exact) mass is 365 g/mol. The number of aryl methyl sites for hydroxylation is 1. The molecule has 0 aliphatic carbocycles. The summed E-state index contributed by atoms with van der Waals surface area (Å²) in [6.45, 7) is 2.71. The molecule has 2 amide bonds. The zero-order chi connectivity index (χ0) is 19.1. The van der Waals surface area contributed by atoms with Crippen molar-refractivity contribution < 1.29 is 9.53 Å². The number of hydrogen-bond donors (Lipinski definition) is 2. The van der Waals surface area contributed by atoms with Crippen LogP contribution in [0.3, 0.4) is 0 Å². The van der Waals surface area contributed by atoms with Crippen molar-refractivity contribution in [2.75, 3.05) is 13.7 Å². The molecule has 0 aliphatic rings. The van der Waals surface area contributed by atoms with Gasteiger partial charge in [0.05, 0.1) is 6.10 Å². The second-order valence-corrected chi connectivity index (χ2v) is 6.07. The van der Waals surface area contributed by atoms with Gasteiger partial charge in [-0.25, -0.2) is 14.8 Å². The summed E-state index contributed by atoms with van der Waals surface area (Å²) in [6, 6.07) is 13.4. The molecule has 3 rings (SSSR count). The third-order valence-corrected chi connectivity index (χ3v) is 4.24. The van der Waals surface area contributed by atoms with Gasteiger partial charge < -0.3 is 15.4 Å². The lowest BCUT2D eigenvalue weighted by Crippen LogP contribution is -2.37. The molecule has 1 aromatic carbocycles. The number of imidazole rings is 1. The molecular formula is C20H23N5O2. The molecule has 0 fully saturated rings. The summed E-state index contributed by atoms with van der Waals surface area (Å²) >= 11 is 0.